The van der Waals surface area contributed by atoms with E-state index < -0.39 is 11.8 Å². The molecule has 1 aromatic heterocycles. The molecule has 45 heavy (non-hydrogen) atoms. The maximum atomic E-state index is 13.3. The van der Waals surface area contributed by atoms with Crippen molar-refractivity contribution in [2.45, 2.75) is 11.8 Å². The lowest BCUT2D eigenvalue weighted by atomic mass is 10.1. The number of aryl methyl sites for hydroxylation is 1. The third kappa shape index (κ3) is 9.06. The predicted molar refractivity (Wildman–Crippen MR) is 185 cm³/mol. The molecule has 0 aliphatic heterocycles. The number of benzene rings is 4. The van der Waals surface area contributed by atoms with Crippen molar-refractivity contribution >= 4 is 80.9 Å². The second-order valence-corrected chi connectivity index (χ2v) is 12.5. The minimum absolute atomic E-state index is 0.106. The highest BCUT2D eigenvalue weighted by Crippen LogP contribution is 2.30. The lowest BCUT2D eigenvalue weighted by Gasteiger charge is -2.12. The number of carbonyl (C=O) groups is 3. The molecule has 226 valence electrons. The van der Waals surface area contributed by atoms with Crippen molar-refractivity contribution in [2.75, 3.05) is 16.4 Å². The maximum Gasteiger partial charge on any atom is 0.272 e. The first-order valence-electron chi connectivity index (χ1n) is 13.6. The summed E-state index contributed by atoms with van der Waals surface area (Å²) in [5.41, 5.74) is 4.38. The van der Waals surface area contributed by atoms with E-state index in [9.17, 15) is 14.4 Å². The van der Waals surface area contributed by atoms with Crippen molar-refractivity contribution < 1.29 is 14.4 Å². The molecule has 4 aromatic carbocycles. The van der Waals surface area contributed by atoms with Gasteiger partial charge in [0, 0.05) is 27.1 Å². The maximum absolute atomic E-state index is 13.3. The minimum atomic E-state index is -0.468. The number of nitrogens with zero attached hydrogens (tertiary/aromatic N) is 1. The molecule has 3 amide bonds. The Morgan fingerprint density at radius 3 is 2.38 bits per heavy atom. The average Bonchev–Trinajstić information content (AvgIpc) is 3.50. The smallest absolute Gasteiger partial charge is 0.272 e. The summed E-state index contributed by atoms with van der Waals surface area (Å²) >= 11 is 14.8. The zero-order chi connectivity index (χ0) is 31.8. The molecule has 5 aromatic rings. The molecule has 5 rings (SSSR count). The van der Waals surface area contributed by atoms with E-state index in [0.717, 1.165) is 21.6 Å². The number of carbonyl (C=O) groups excluding carboxylic acids is 3. The van der Waals surface area contributed by atoms with Crippen LogP contribution in [0.25, 0.3) is 17.3 Å². The number of thiazole rings is 1. The number of amides is 3. The van der Waals surface area contributed by atoms with E-state index >= 15 is 0 Å². The van der Waals surface area contributed by atoms with Crippen molar-refractivity contribution in [3.05, 3.63) is 135 Å². The first-order valence-corrected chi connectivity index (χ1v) is 16.3. The number of hydrogen-bond donors (Lipinski definition) is 3. The molecule has 3 N–H and O–H groups in total. The fraction of sp³-hybridized carbons (Fsp3) is 0.0588. The van der Waals surface area contributed by atoms with Crippen LogP contribution in [-0.2, 0) is 9.59 Å². The summed E-state index contributed by atoms with van der Waals surface area (Å²) in [5.74, 6) is -0.891. The van der Waals surface area contributed by atoms with Crippen LogP contribution >= 0.6 is 46.3 Å². The minimum Gasteiger partial charge on any atom is -0.321 e. The van der Waals surface area contributed by atoms with E-state index in [1.165, 1.54) is 23.1 Å². The quantitative estimate of drug-likeness (QED) is 0.102. The molecule has 11 heteroatoms. The standard InChI is InChI=1S/C34H26Cl2N4O3S2/c1-21-6-5-7-22(16-21)17-29(38-32(42)23-8-3-2-4-9-23)33(43)37-25-11-13-26(14-12-25)44-20-31(41)40-34-39-30(19-45-34)24-10-15-27(35)28(36)18-24/h2-19H,20H2,1H3,(H,37,43)(H,38,42)(H,39,40,41)/b29-17-. The lowest BCUT2D eigenvalue weighted by Crippen LogP contribution is -2.30. The number of rotatable bonds is 10. The molecule has 7 nitrogen and oxygen atoms in total. The van der Waals surface area contributed by atoms with Crippen molar-refractivity contribution in [3.63, 3.8) is 0 Å². The molecule has 1 heterocycles. The van der Waals surface area contributed by atoms with E-state index in [-0.39, 0.29) is 17.4 Å². The zero-order valence-electron chi connectivity index (χ0n) is 23.8. The second-order valence-electron chi connectivity index (χ2n) is 9.77. The molecular weight excluding hydrogens is 647 g/mol. The largest absolute Gasteiger partial charge is 0.321 e. The van der Waals surface area contributed by atoms with E-state index in [2.05, 4.69) is 20.9 Å². The van der Waals surface area contributed by atoms with Gasteiger partial charge in [-0.15, -0.1) is 23.1 Å². The van der Waals surface area contributed by atoms with Gasteiger partial charge in [-0.05, 0) is 67.1 Å². The number of thioether (sulfide) groups is 1. The topological polar surface area (TPSA) is 100 Å². The Kier molecular flexibility index (Phi) is 10.7. The van der Waals surface area contributed by atoms with E-state index in [1.807, 2.05) is 60.8 Å². The Hall–Kier alpha value is -4.41. The van der Waals surface area contributed by atoms with Crippen molar-refractivity contribution in [3.8, 4) is 11.3 Å². The Labute approximate surface area is 278 Å². The summed E-state index contributed by atoms with van der Waals surface area (Å²) < 4.78 is 0. The van der Waals surface area contributed by atoms with Crippen LogP contribution in [0.2, 0.25) is 10.0 Å². The molecule has 0 bridgehead atoms. The van der Waals surface area contributed by atoms with Crippen LogP contribution in [0.15, 0.2) is 113 Å². The second kappa shape index (κ2) is 15.0. The van der Waals surface area contributed by atoms with Gasteiger partial charge in [0.25, 0.3) is 11.8 Å². The summed E-state index contributed by atoms with van der Waals surface area (Å²) in [5, 5.41) is 11.6. The highest BCUT2D eigenvalue weighted by molar-refractivity contribution is 8.00. The van der Waals surface area contributed by atoms with Crippen molar-refractivity contribution in [1.82, 2.24) is 10.3 Å². The van der Waals surface area contributed by atoms with Crippen LogP contribution in [0.1, 0.15) is 21.5 Å². The molecule has 0 spiro atoms. The van der Waals surface area contributed by atoms with Gasteiger partial charge in [-0.3, -0.25) is 14.4 Å². The fourth-order valence-corrected chi connectivity index (χ4v) is 5.86. The Bertz CT molecular complexity index is 1880. The number of anilines is 2. The molecule has 0 radical (unpaired) electrons. The summed E-state index contributed by atoms with van der Waals surface area (Å²) in [6.07, 6.45) is 1.64. The Morgan fingerprint density at radius 2 is 1.64 bits per heavy atom. The van der Waals surface area contributed by atoms with Crippen molar-refractivity contribution in [1.29, 1.82) is 0 Å². The van der Waals surface area contributed by atoms with Gasteiger partial charge in [0.1, 0.15) is 5.70 Å². The highest BCUT2D eigenvalue weighted by Gasteiger charge is 2.16. The summed E-state index contributed by atoms with van der Waals surface area (Å²) in [4.78, 5) is 44.0. The third-order valence-corrected chi connectivity index (χ3v) is 8.84. The van der Waals surface area contributed by atoms with Crippen LogP contribution in [0.3, 0.4) is 0 Å². The van der Waals surface area contributed by atoms with Gasteiger partial charge in [0.2, 0.25) is 5.91 Å². The molecule has 0 aliphatic carbocycles. The Balaban J connectivity index is 1.18. The lowest BCUT2D eigenvalue weighted by molar-refractivity contribution is -0.114. The molecule has 0 fully saturated rings. The highest BCUT2D eigenvalue weighted by atomic mass is 35.5. The summed E-state index contributed by atoms with van der Waals surface area (Å²) in [6, 6.07) is 28.7. The van der Waals surface area contributed by atoms with Gasteiger partial charge in [0.15, 0.2) is 5.13 Å². The van der Waals surface area contributed by atoms with Gasteiger partial charge in [-0.1, -0.05) is 77.3 Å². The van der Waals surface area contributed by atoms with Gasteiger partial charge in [-0.25, -0.2) is 4.98 Å². The number of aromatic nitrogens is 1. The SMILES string of the molecule is Cc1cccc(/C=C(\NC(=O)c2ccccc2)C(=O)Nc2ccc(SCC(=O)Nc3nc(-c4ccc(Cl)c(Cl)c4)cs3)cc2)c1. The Morgan fingerprint density at radius 1 is 0.867 bits per heavy atom. The fourth-order valence-electron chi connectivity index (χ4n) is 4.13. The van der Waals surface area contributed by atoms with Crippen molar-refractivity contribution in [2.24, 2.45) is 0 Å². The van der Waals surface area contributed by atoms with Crippen LogP contribution in [0, 0.1) is 6.92 Å². The van der Waals surface area contributed by atoms with Crippen LogP contribution in [0.4, 0.5) is 10.8 Å². The van der Waals surface area contributed by atoms with E-state index in [1.54, 1.807) is 54.6 Å². The number of nitrogens with one attached hydrogen (secondary N) is 3. The number of halogens is 2. The van der Waals surface area contributed by atoms with Gasteiger partial charge in [-0.2, -0.15) is 0 Å². The first kappa shape index (κ1) is 32.0. The average molecular weight is 674 g/mol. The normalized spacial score (nSPS) is 11.1. The molecular formula is C34H26Cl2N4O3S2. The molecule has 0 saturated carbocycles. The molecule has 0 saturated heterocycles. The van der Waals surface area contributed by atoms with E-state index in [0.29, 0.717) is 32.1 Å². The van der Waals surface area contributed by atoms with Crippen LogP contribution in [0.5, 0.6) is 0 Å². The van der Waals surface area contributed by atoms with Gasteiger partial charge in [0.05, 0.1) is 21.5 Å². The first-order chi connectivity index (χ1) is 21.7. The number of hydrogen-bond acceptors (Lipinski definition) is 6. The summed E-state index contributed by atoms with van der Waals surface area (Å²) in [7, 11) is 0. The zero-order valence-corrected chi connectivity index (χ0v) is 27.0. The van der Waals surface area contributed by atoms with E-state index in [4.69, 9.17) is 23.2 Å². The van der Waals surface area contributed by atoms with Crippen LogP contribution in [-0.4, -0.2) is 28.5 Å². The molecule has 0 unspecified atom stereocenters. The molecule has 0 atom stereocenters. The van der Waals surface area contributed by atoms with Gasteiger partial charge < -0.3 is 16.0 Å². The third-order valence-electron chi connectivity index (χ3n) is 6.33. The predicted octanol–water partition coefficient (Wildman–Crippen LogP) is 8.57. The summed E-state index contributed by atoms with van der Waals surface area (Å²) in [6.45, 7) is 1.96. The van der Waals surface area contributed by atoms with Crippen LogP contribution < -0.4 is 16.0 Å². The molecule has 0 aliphatic rings. The van der Waals surface area contributed by atoms with Gasteiger partial charge >= 0.3 is 0 Å². The monoisotopic (exact) mass is 672 g/mol.